The number of phenols is 2. The Bertz CT molecular complexity index is 1890. The van der Waals surface area contributed by atoms with Crippen molar-refractivity contribution in [2.24, 2.45) is 29.1 Å². The van der Waals surface area contributed by atoms with Gasteiger partial charge in [-0.2, -0.15) is 0 Å². The van der Waals surface area contributed by atoms with Crippen LogP contribution in [0.3, 0.4) is 0 Å². The number of benzene rings is 3. The van der Waals surface area contributed by atoms with Crippen LogP contribution in [-0.2, 0) is 19.3 Å². The van der Waals surface area contributed by atoms with Crippen molar-refractivity contribution in [3.63, 3.8) is 0 Å². The molecular formula is C48H62O7. The highest BCUT2D eigenvalue weighted by atomic mass is 16.5. The molecule has 0 aromatic heterocycles. The topological polar surface area (TPSA) is 109 Å². The number of aliphatic hydroxyl groups is 2. The third kappa shape index (κ3) is 7.36. The maximum absolute atomic E-state index is 12.0. The van der Waals surface area contributed by atoms with Gasteiger partial charge in [-0.05, 0) is 151 Å². The quantitative estimate of drug-likeness (QED) is 0.153. The van der Waals surface area contributed by atoms with Crippen molar-refractivity contribution in [3.05, 3.63) is 76.4 Å². The van der Waals surface area contributed by atoms with Crippen LogP contribution >= 0.6 is 0 Å². The van der Waals surface area contributed by atoms with Gasteiger partial charge in [-0.25, -0.2) is 0 Å². The lowest BCUT2D eigenvalue weighted by Crippen LogP contribution is -2.34. The van der Waals surface area contributed by atoms with Crippen LogP contribution in [0.15, 0.2) is 48.6 Å². The van der Waals surface area contributed by atoms with Gasteiger partial charge in [-0.1, -0.05) is 58.3 Å². The number of phenolic OH excluding ortho intramolecular Hbond substituents is 2. The van der Waals surface area contributed by atoms with Crippen molar-refractivity contribution in [1.82, 2.24) is 0 Å². The number of hydrogen-bond donors (Lipinski definition) is 4. The van der Waals surface area contributed by atoms with E-state index in [0.717, 1.165) is 96.2 Å². The second kappa shape index (κ2) is 15.7. The van der Waals surface area contributed by atoms with Crippen LogP contribution in [-0.4, -0.2) is 46.4 Å². The van der Waals surface area contributed by atoms with Crippen LogP contribution < -0.4 is 14.2 Å². The molecule has 1 spiro atoms. The highest BCUT2D eigenvalue weighted by Gasteiger charge is 2.43. The van der Waals surface area contributed by atoms with Crippen LogP contribution in [0.1, 0.15) is 131 Å². The summed E-state index contributed by atoms with van der Waals surface area (Å²) in [6, 6.07) is 11.5. The van der Waals surface area contributed by atoms with E-state index in [0.29, 0.717) is 41.1 Å². The molecule has 2 saturated carbocycles. The Morgan fingerprint density at radius 2 is 1.75 bits per heavy atom. The molecule has 1 heterocycles. The molecule has 7 nitrogen and oxygen atoms in total. The average Bonchev–Trinajstić information content (AvgIpc) is 3.62. The molecule has 55 heavy (non-hydrogen) atoms. The fourth-order valence-corrected chi connectivity index (χ4v) is 11.4. The lowest BCUT2D eigenvalue weighted by molar-refractivity contribution is 0.0196. The van der Waals surface area contributed by atoms with Crippen LogP contribution in [0.5, 0.6) is 28.7 Å². The molecule has 4 aliphatic carbocycles. The molecule has 296 valence electrons. The Morgan fingerprint density at radius 1 is 0.945 bits per heavy atom. The molecule has 7 heteroatoms. The number of hydrogen-bond acceptors (Lipinski definition) is 7. The third-order valence-electron chi connectivity index (χ3n) is 14.1. The molecule has 8 rings (SSSR count). The van der Waals surface area contributed by atoms with E-state index in [-0.39, 0.29) is 30.3 Å². The first-order valence-electron chi connectivity index (χ1n) is 21.3. The molecule has 2 fully saturated rings. The van der Waals surface area contributed by atoms with Gasteiger partial charge in [0.05, 0.1) is 19.3 Å². The number of methoxy groups -OCH3 is 1. The van der Waals surface area contributed by atoms with Gasteiger partial charge in [0.15, 0.2) is 11.5 Å². The first-order valence-corrected chi connectivity index (χ1v) is 21.3. The first-order chi connectivity index (χ1) is 26.6. The molecule has 4 N–H and O–H groups in total. The van der Waals surface area contributed by atoms with E-state index in [2.05, 4.69) is 39.0 Å². The molecule has 0 bridgehead atoms. The molecular weight excluding hydrogens is 689 g/mol. The van der Waals surface area contributed by atoms with E-state index < -0.39 is 12.2 Å². The highest BCUT2D eigenvalue weighted by Crippen LogP contribution is 2.56. The smallest absolute Gasteiger partial charge is 0.161 e. The predicted molar refractivity (Wildman–Crippen MR) is 216 cm³/mol. The molecule has 0 saturated heterocycles. The normalized spacial score (nSPS) is 28.0. The monoisotopic (exact) mass is 750 g/mol. The lowest BCUT2D eigenvalue weighted by Gasteiger charge is -2.42. The van der Waals surface area contributed by atoms with Gasteiger partial charge in [0.1, 0.15) is 23.4 Å². The van der Waals surface area contributed by atoms with Crippen molar-refractivity contribution in [2.45, 2.75) is 135 Å². The van der Waals surface area contributed by atoms with Crippen molar-refractivity contribution in [1.29, 1.82) is 0 Å². The van der Waals surface area contributed by atoms with Gasteiger partial charge < -0.3 is 34.6 Å². The Morgan fingerprint density at radius 3 is 2.49 bits per heavy atom. The van der Waals surface area contributed by atoms with Gasteiger partial charge >= 0.3 is 0 Å². The first kappa shape index (κ1) is 38.2. The molecule has 0 unspecified atom stereocenters. The highest BCUT2D eigenvalue weighted by molar-refractivity contribution is 5.83. The van der Waals surface area contributed by atoms with Gasteiger partial charge in [0, 0.05) is 30.2 Å². The third-order valence-corrected chi connectivity index (χ3v) is 14.1. The summed E-state index contributed by atoms with van der Waals surface area (Å²) in [6.45, 7) is 6.78. The molecule has 7 atom stereocenters. The van der Waals surface area contributed by atoms with Gasteiger partial charge in [-0.15, -0.1) is 0 Å². The Hall–Kier alpha value is -3.68. The minimum absolute atomic E-state index is 0.0737. The van der Waals surface area contributed by atoms with Crippen LogP contribution in [0.2, 0.25) is 0 Å². The molecule has 5 aliphatic rings. The standard InChI is InChI=1S/C48H62O7/c1-5-29-20-31(11-10-30(29)14-18-49)36-21-33-23-40(51)34(19-28(2)3)22-37(33)46-44(53-4)26-42-38(45(36)46)25-41(52)47(55-42)32-12-13-39(50)43(24-32)54-35-9-8-17-48(27-35)15-6-7-16-48/h10-13,22-24,26,28-31,35-36,41,47,49-52H,5-9,14-21,25,27H2,1-4H3/t29-,30+,31+,35+,36-,41+,47-/m0/s1. The summed E-state index contributed by atoms with van der Waals surface area (Å²) in [7, 11) is 1.72. The molecule has 0 amide bonds. The number of rotatable bonds is 10. The van der Waals surface area contributed by atoms with Crippen molar-refractivity contribution >= 4 is 0 Å². The zero-order valence-corrected chi connectivity index (χ0v) is 33.4. The van der Waals surface area contributed by atoms with Gasteiger partial charge in [0.25, 0.3) is 0 Å². The van der Waals surface area contributed by atoms with E-state index >= 15 is 0 Å². The molecule has 0 radical (unpaired) electrons. The summed E-state index contributed by atoms with van der Waals surface area (Å²) in [6.07, 6.45) is 17.7. The number of aromatic hydroxyl groups is 2. The van der Waals surface area contributed by atoms with Crippen LogP contribution in [0.4, 0.5) is 0 Å². The fraction of sp³-hybridized carbons (Fsp3) is 0.583. The summed E-state index contributed by atoms with van der Waals surface area (Å²) >= 11 is 0. The average molecular weight is 751 g/mol. The summed E-state index contributed by atoms with van der Waals surface area (Å²) in [4.78, 5) is 0. The summed E-state index contributed by atoms with van der Waals surface area (Å²) < 4.78 is 19.7. The van der Waals surface area contributed by atoms with Crippen LogP contribution in [0, 0.1) is 29.1 Å². The van der Waals surface area contributed by atoms with Crippen molar-refractivity contribution < 1.29 is 34.6 Å². The number of ether oxygens (including phenoxy) is 3. The number of aliphatic hydroxyl groups excluding tert-OH is 2. The van der Waals surface area contributed by atoms with E-state index in [1.807, 2.05) is 24.3 Å². The van der Waals surface area contributed by atoms with E-state index in [1.165, 1.54) is 37.7 Å². The summed E-state index contributed by atoms with van der Waals surface area (Å²) in [5.74, 6) is 3.90. The SMILES string of the molecule is CC[C@H]1C[C@H]([C@@H]2Cc3cc(O)c(CC(C)C)cc3-c3c(OC)cc4c(c32)C[C@@H](O)[C@H](c2ccc(O)c(O[C@@H]3CCCC5(CCCC5)C3)c2)O4)C=C[C@@H]1CCO. The summed E-state index contributed by atoms with van der Waals surface area (Å²) in [5, 5.41) is 44.1. The summed E-state index contributed by atoms with van der Waals surface area (Å²) in [5.41, 5.74) is 7.54. The van der Waals surface area contributed by atoms with E-state index in [4.69, 9.17) is 14.2 Å². The second-order valence-electron chi connectivity index (χ2n) is 18.1. The zero-order valence-electron chi connectivity index (χ0n) is 33.4. The maximum atomic E-state index is 12.0. The molecule has 3 aromatic carbocycles. The second-order valence-corrected chi connectivity index (χ2v) is 18.1. The predicted octanol–water partition coefficient (Wildman–Crippen LogP) is 10.1. The Labute approximate surface area is 327 Å². The Balaban J connectivity index is 1.17. The van der Waals surface area contributed by atoms with Gasteiger partial charge in [-0.3, -0.25) is 0 Å². The van der Waals surface area contributed by atoms with Gasteiger partial charge in [0.2, 0.25) is 0 Å². The lowest BCUT2D eigenvalue weighted by atomic mass is 9.65. The minimum atomic E-state index is -0.823. The molecule has 1 aliphatic heterocycles. The van der Waals surface area contributed by atoms with E-state index in [1.54, 1.807) is 13.2 Å². The van der Waals surface area contributed by atoms with Crippen LogP contribution in [0.25, 0.3) is 11.1 Å². The fourth-order valence-electron chi connectivity index (χ4n) is 11.4. The zero-order chi connectivity index (χ0) is 38.4. The van der Waals surface area contributed by atoms with E-state index in [9.17, 15) is 20.4 Å². The van der Waals surface area contributed by atoms with Crippen molar-refractivity contribution in [2.75, 3.05) is 13.7 Å². The number of allylic oxidation sites excluding steroid dienone is 2. The van der Waals surface area contributed by atoms with Crippen molar-refractivity contribution in [3.8, 4) is 39.9 Å². The minimum Gasteiger partial charge on any atom is -0.508 e. The maximum Gasteiger partial charge on any atom is 0.161 e. The number of fused-ring (bicyclic) bond motifs is 5. The molecule has 3 aromatic rings. The Kier molecular flexibility index (Phi) is 10.9. The largest absolute Gasteiger partial charge is 0.508 e.